The van der Waals surface area contributed by atoms with Crippen molar-refractivity contribution < 1.29 is 28.1 Å². The summed E-state index contributed by atoms with van der Waals surface area (Å²) in [5, 5.41) is 25.9. The number of pyridine rings is 1. The zero-order valence-corrected chi connectivity index (χ0v) is 49.0. The molecule has 0 saturated carbocycles. The highest BCUT2D eigenvalue weighted by Gasteiger charge is 2.13. The molecule has 3 heterocycles. The molecule has 402 valence electrons. The van der Waals surface area contributed by atoms with Gasteiger partial charge in [0.2, 0.25) is 0 Å². The Morgan fingerprint density at radius 2 is 1.25 bits per heavy atom. The molecule has 1 aliphatic carbocycles. The smallest absolute Gasteiger partial charge is 0.161 e. The first-order valence-electron chi connectivity index (χ1n) is 24.1. The van der Waals surface area contributed by atoms with Gasteiger partial charge in [-0.3, -0.25) is 4.98 Å². The molecule has 0 unspecified atom stereocenters. The van der Waals surface area contributed by atoms with Crippen LogP contribution in [0.4, 0.5) is 13.2 Å². The van der Waals surface area contributed by atoms with E-state index >= 15 is 0 Å². The molecule has 76 heavy (non-hydrogen) atoms. The summed E-state index contributed by atoms with van der Waals surface area (Å²) in [4.78, 5) is 5.27. The average molecular weight is 1130 g/mol. The van der Waals surface area contributed by atoms with E-state index < -0.39 is 11.6 Å². The molecule has 1 aliphatic rings. The number of phenolic OH excluding ortho intramolecular Hbond substituents is 2. The number of ether oxygens (including phenoxy) is 1. The Labute approximate surface area is 472 Å². The first-order chi connectivity index (χ1) is 36.1. The van der Waals surface area contributed by atoms with Gasteiger partial charge >= 0.3 is 0 Å². The second-order valence-corrected chi connectivity index (χ2v) is 20.5. The minimum Gasteiger partial charge on any atom is -0.508 e. The number of allylic oxidation sites excluding steroid dienone is 2. The van der Waals surface area contributed by atoms with Crippen LogP contribution in [0.1, 0.15) is 75.7 Å². The van der Waals surface area contributed by atoms with E-state index in [1.165, 1.54) is 56.5 Å². The van der Waals surface area contributed by atoms with E-state index in [2.05, 4.69) is 91.3 Å². The molecule has 0 aliphatic heterocycles. The standard InChI is InChI=1S/C11H12.C9H12O2.C7H6Cl2.C7H6ClF.C7H6F2.C7H8O.C6H7N.2C5H6S/c1-8-7-10-5-3-4-6-11(10)9(8)2;1-3-11-9-6-7(2)4-5-8(9)10;1-5-2-6(8)4-7(9)3-5;1-5-3-2-4-6(8)7(5)9;1-5-2-3-6(8)4-7(5)9;1-6-3-2-4-7(8)5-6;1-6-3-2-4-7-5-6;1-5-2-3-6-4-5;1-5-3-2-4-6-5/h3-6H,7H2,1-2H3;4-6,10H,3H2,1-2H3;3*2-4H,1H3;2-5,8H,1H3;2-5H,1H3;2*2-4H,1H3. The largest absolute Gasteiger partial charge is 0.508 e. The molecular formula is C64H69Cl3F3NO3S2. The van der Waals surface area contributed by atoms with E-state index in [0.29, 0.717) is 39.3 Å². The van der Waals surface area contributed by atoms with Crippen LogP contribution in [-0.2, 0) is 6.42 Å². The van der Waals surface area contributed by atoms with Crippen LogP contribution in [0.3, 0.4) is 0 Å². The maximum absolute atomic E-state index is 12.6. The number of fused-ring (bicyclic) bond motifs is 1. The predicted octanol–water partition coefficient (Wildman–Crippen LogP) is 20.7. The molecule has 0 saturated heterocycles. The number of thiophene rings is 2. The number of nitrogens with zero attached hydrogens (tertiary/aromatic N) is 1. The van der Waals surface area contributed by atoms with Crippen molar-refractivity contribution in [2.24, 2.45) is 0 Å². The minimum atomic E-state index is -0.530. The Morgan fingerprint density at radius 3 is 1.68 bits per heavy atom. The fraction of sp³-hybridized carbons (Fsp3) is 0.203. The lowest BCUT2D eigenvalue weighted by Gasteiger charge is -2.05. The van der Waals surface area contributed by atoms with Crippen LogP contribution in [0.25, 0.3) is 5.57 Å². The third kappa shape index (κ3) is 28.0. The summed E-state index contributed by atoms with van der Waals surface area (Å²) in [5.74, 6) is -0.234. The number of rotatable bonds is 2. The number of hydrogen-bond donors (Lipinski definition) is 2. The third-order valence-corrected chi connectivity index (χ3v) is 12.7. The van der Waals surface area contributed by atoms with Crippen LogP contribution in [0, 0.1) is 72.8 Å². The van der Waals surface area contributed by atoms with E-state index in [0.717, 1.165) is 29.2 Å². The predicted molar refractivity (Wildman–Crippen MR) is 321 cm³/mol. The van der Waals surface area contributed by atoms with Crippen LogP contribution in [-0.4, -0.2) is 21.8 Å². The molecule has 4 nitrogen and oxygen atoms in total. The number of benzene rings is 6. The summed E-state index contributed by atoms with van der Waals surface area (Å²) in [6.07, 6.45) is 4.76. The average Bonchev–Trinajstić information content (AvgIpc) is 4.14. The van der Waals surface area contributed by atoms with E-state index in [4.69, 9.17) is 44.6 Å². The Hall–Kier alpha value is -6.33. The van der Waals surface area contributed by atoms with Crippen molar-refractivity contribution in [1.29, 1.82) is 0 Å². The summed E-state index contributed by atoms with van der Waals surface area (Å²) in [5.41, 5.74) is 12.8. The van der Waals surface area contributed by atoms with Crippen molar-refractivity contribution in [2.45, 2.75) is 82.6 Å². The highest BCUT2D eigenvalue weighted by Crippen LogP contribution is 2.31. The minimum absolute atomic E-state index is 0.190. The van der Waals surface area contributed by atoms with E-state index in [9.17, 15) is 18.3 Å². The second-order valence-electron chi connectivity index (χ2n) is 17.2. The molecule has 0 amide bonds. The molecule has 12 heteroatoms. The van der Waals surface area contributed by atoms with Gasteiger partial charge in [0.25, 0.3) is 0 Å². The molecule has 9 aromatic rings. The summed E-state index contributed by atoms with van der Waals surface area (Å²) in [7, 11) is 0. The van der Waals surface area contributed by atoms with Gasteiger partial charge in [0.1, 0.15) is 23.2 Å². The van der Waals surface area contributed by atoms with Crippen molar-refractivity contribution in [1.82, 2.24) is 4.98 Å². The first kappa shape index (κ1) is 65.8. The summed E-state index contributed by atoms with van der Waals surface area (Å²) in [6, 6.07) is 45.2. The lowest BCUT2D eigenvalue weighted by molar-refractivity contribution is 0.318. The van der Waals surface area contributed by atoms with Gasteiger partial charge in [-0.15, -0.1) is 11.3 Å². The third-order valence-electron chi connectivity index (χ3n) is 10.4. The molecular weight excluding hydrogens is 1060 g/mol. The molecule has 0 bridgehead atoms. The van der Waals surface area contributed by atoms with Crippen LogP contribution in [0.15, 0.2) is 186 Å². The molecule has 0 radical (unpaired) electrons. The summed E-state index contributed by atoms with van der Waals surface area (Å²) in [6.45, 7) is 22.2. The Balaban J connectivity index is 0.000000294. The fourth-order valence-electron chi connectivity index (χ4n) is 6.22. The molecule has 10 rings (SSSR count). The van der Waals surface area contributed by atoms with E-state index in [1.807, 2.05) is 89.3 Å². The van der Waals surface area contributed by atoms with E-state index in [1.54, 1.807) is 79.1 Å². The van der Waals surface area contributed by atoms with Crippen LogP contribution in [0.5, 0.6) is 17.2 Å². The van der Waals surface area contributed by atoms with Gasteiger partial charge in [-0.25, -0.2) is 13.2 Å². The topological polar surface area (TPSA) is 62.6 Å². The highest BCUT2D eigenvalue weighted by atomic mass is 35.5. The highest BCUT2D eigenvalue weighted by molar-refractivity contribution is 7.09. The van der Waals surface area contributed by atoms with Gasteiger partial charge < -0.3 is 14.9 Å². The number of halogens is 6. The summed E-state index contributed by atoms with van der Waals surface area (Å²) >= 11 is 20.3. The number of hydrogen-bond acceptors (Lipinski definition) is 6. The van der Waals surface area contributed by atoms with Crippen molar-refractivity contribution in [3.63, 3.8) is 0 Å². The van der Waals surface area contributed by atoms with Gasteiger partial charge in [-0.2, -0.15) is 11.3 Å². The zero-order chi connectivity index (χ0) is 56.6. The normalized spacial score (nSPS) is 10.2. The lowest BCUT2D eigenvalue weighted by Crippen LogP contribution is -1.91. The maximum Gasteiger partial charge on any atom is 0.161 e. The Kier molecular flexibility index (Phi) is 31.7. The van der Waals surface area contributed by atoms with Gasteiger partial charge in [-0.05, 0) is 227 Å². The molecule has 0 atom stereocenters. The fourth-order valence-corrected chi connectivity index (χ4v) is 8.27. The van der Waals surface area contributed by atoms with Gasteiger partial charge in [0, 0.05) is 33.4 Å². The molecule has 0 spiro atoms. The maximum atomic E-state index is 12.6. The van der Waals surface area contributed by atoms with Crippen molar-refractivity contribution in [3.05, 3.63) is 273 Å². The quantitative estimate of drug-likeness (QED) is 0.181. The molecule has 3 aromatic heterocycles. The Morgan fingerprint density at radius 1 is 0.579 bits per heavy atom. The van der Waals surface area contributed by atoms with Crippen molar-refractivity contribution in [3.8, 4) is 17.2 Å². The zero-order valence-electron chi connectivity index (χ0n) is 45.1. The summed E-state index contributed by atoms with van der Waals surface area (Å²) < 4.78 is 42.2. The van der Waals surface area contributed by atoms with Crippen molar-refractivity contribution >= 4 is 63.0 Å². The lowest BCUT2D eigenvalue weighted by atomic mass is 10.1. The van der Waals surface area contributed by atoms with Crippen LogP contribution >= 0.6 is 57.5 Å². The number of aromatic hydroxyl groups is 2. The molecule has 0 fully saturated rings. The van der Waals surface area contributed by atoms with Gasteiger partial charge in [-0.1, -0.05) is 113 Å². The Bertz CT molecular complexity index is 2960. The monoisotopic (exact) mass is 1130 g/mol. The first-order valence-corrected chi connectivity index (χ1v) is 27.1. The van der Waals surface area contributed by atoms with Gasteiger partial charge in [0.05, 0.1) is 11.6 Å². The number of phenols is 2. The van der Waals surface area contributed by atoms with Gasteiger partial charge in [0.15, 0.2) is 11.5 Å². The van der Waals surface area contributed by atoms with E-state index in [-0.39, 0.29) is 16.6 Å². The van der Waals surface area contributed by atoms with Crippen LogP contribution < -0.4 is 4.74 Å². The molecule has 6 aromatic carbocycles. The SMILES string of the molecule is CC1=C(C)c2ccccc2C1.CCOc1cc(C)ccc1O.Cc1cc(Cl)cc(Cl)c1.Cc1ccc(F)cc1F.Cc1cccc(Cl)c1F.Cc1cccc(O)c1.Cc1cccnc1.Cc1cccs1.Cc1ccsc1. The number of aryl methyl sites for hydroxylation is 8. The second kappa shape index (κ2) is 36.6. The molecule has 2 N–H and O–H groups in total. The van der Waals surface area contributed by atoms with Crippen molar-refractivity contribution in [2.75, 3.05) is 6.61 Å². The number of aromatic nitrogens is 1. The van der Waals surface area contributed by atoms with Crippen LogP contribution in [0.2, 0.25) is 15.1 Å².